The lowest BCUT2D eigenvalue weighted by Gasteiger charge is -2.12. The number of fused-ring (bicyclic) bond motifs is 1. The van der Waals surface area contributed by atoms with Crippen LogP contribution in [0.15, 0.2) is 16.9 Å². The zero-order valence-corrected chi connectivity index (χ0v) is 11.0. The fraction of sp³-hybridized carbons (Fsp3) is 0.500. The van der Waals surface area contributed by atoms with Crippen molar-refractivity contribution in [1.29, 1.82) is 0 Å². The highest BCUT2D eigenvalue weighted by Gasteiger charge is 2.30. The second-order valence-corrected chi connectivity index (χ2v) is 5.52. The van der Waals surface area contributed by atoms with Gasteiger partial charge in [0.05, 0.1) is 11.7 Å². The molecule has 0 aromatic carbocycles. The Morgan fingerprint density at radius 2 is 2.19 bits per heavy atom. The maximum Gasteiger partial charge on any atom is 0.113 e. The van der Waals surface area contributed by atoms with Crippen LogP contribution in [0, 0.1) is 0 Å². The molecule has 2 aromatic heterocycles. The van der Waals surface area contributed by atoms with Crippen molar-refractivity contribution in [2.24, 2.45) is 0 Å². The Labute approximate surface area is 103 Å². The first-order chi connectivity index (χ1) is 7.66. The highest BCUT2D eigenvalue weighted by atomic mass is 79.9. The minimum Gasteiger partial charge on any atom is -0.325 e. The van der Waals surface area contributed by atoms with Crippen LogP contribution >= 0.6 is 15.9 Å². The fourth-order valence-electron chi connectivity index (χ4n) is 2.16. The molecule has 4 heteroatoms. The normalized spacial score (nSPS) is 16.2. The summed E-state index contributed by atoms with van der Waals surface area (Å²) in [6, 6.07) is 2.52. The van der Waals surface area contributed by atoms with Gasteiger partial charge in [-0.2, -0.15) is 0 Å². The van der Waals surface area contributed by atoms with E-state index in [0.29, 0.717) is 12.0 Å². The molecular weight excluding hydrogens is 266 g/mol. The minimum absolute atomic E-state index is 0.454. The van der Waals surface area contributed by atoms with Crippen molar-refractivity contribution in [2.45, 2.75) is 38.6 Å². The molecule has 1 aliphatic rings. The van der Waals surface area contributed by atoms with Gasteiger partial charge >= 0.3 is 0 Å². The van der Waals surface area contributed by atoms with E-state index >= 15 is 0 Å². The monoisotopic (exact) mass is 279 g/mol. The molecule has 2 heterocycles. The van der Waals surface area contributed by atoms with E-state index in [1.165, 1.54) is 24.2 Å². The molecule has 84 valence electrons. The first kappa shape index (κ1) is 10.3. The van der Waals surface area contributed by atoms with Gasteiger partial charge in [0.2, 0.25) is 0 Å². The van der Waals surface area contributed by atoms with Gasteiger partial charge in [-0.1, -0.05) is 0 Å². The summed E-state index contributed by atoms with van der Waals surface area (Å²) in [7, 11) is 0. The molecule has 0 aliphatic heterocycles. The number of halogens is 1. The van der Waals surface area contributed by atoms with Gasteiger partial charge in [-0.25, -0.2) is 9.97 Å². The van der Waals surface area contributed by atoms with Crippen LogP contribution in [0.25, 0.3) is 11.0 Å². The maximum atomic E-state index is 4.72. The van der Waals surface area contributed by atoms with Gasteiger partial charge < -0.3 is 4.57 Å². The topological polar surface area (TPSA) is 30.7 Å². The van der Waals surface area contributed by atoms with Crippen LogP contribution in [0.3, 0.4) is 0 Å². The van der Waals surface area contributed by atoms with Crippen molar-refractivity contribution in [3.05, 3.63) is 22.7 Å². The molecule has 0 amide bonds. The summed E-state index contributed by atoms with van der Waals surface area (Å²) < 4.78 is 3.23. The number of pyridine rings is 1. The van der Waals surface area contributed by atoms with Crippen molar-refractivity contribution >= 4 is 27.0 Å². The Morgan fingerprint density at radius 3 is 2.81 bits per heavy atom. The maximum absolute atomic E-state index is 4.72. The highest BCUT2D eigenvalue weighted by molar-refractivity contribution is 9.10. The summed E-state index contributed by atoms with van der Waals surface area (Å²) in [5, 5.41) is 0. The molecule has 1 saturated carbocycles. The van der Waals surface area contributed by atoms with Crippen LogP contribution in [0.5, 0.6) is 0 Å². The van der Waals surface area contributed by atoms with E-state index in [1.54, 1.807) is 0 Å². The molecule has 0 radical (unpaired) electrons. The Bertz CT molecular complexity index is 540. The number of hydrogen-bond donors (Lipinski definition) is 0. The van der Waals surface area contributed by atoms with Gasteiger partial charge in [-0.05, 0) is 48.7 Å². The van der Waals surface area contributed by atoms with Crippen LogP contribution in [-0.2, 0) is 0 Å². The predicted octanol–water partition coefficient (Wildman–Crippen LogP) is 3.65. The lowest BCUT2D eigenvalue weighted by Crippen LogP contribution is -2.05. The fourth-order valence-corrected chi connectivity index (χ4v) is 2.48. The summed E-state index contributed by atoms with van der Waals surface area (Å²) in [6.07, 6.45) is 4.42. The molecule has 3 rings (SSSR count). The Morgan fingerprint density at radius 1 is 1.44 bits per heavy atom. The van der Waals surface area contributed by atoms with E-state index in [2.05, 4.69) is 45.4 Å². The zero-order chi connectivity index (χ0) is 11.3. The van der Waals surface area contributed by atoms with E-state index in [0.717, 1.165) is 10.1 Å². The largest absolute Gasteiger partial charge is 0.325 e. The molecule has 0 bridgehead atoms. The Kier molecular flexibility index (Phi) is 2.28. The minimum atomic E-state index is 0.454. The molecule has 2 aromatic rings. The van der Waals surface area contributed by atoms with Crippen LogP contribution in [0.4, 0.5) is 0 Å². The summed E-state index contributed by atoms with van der Waals surface area (Å²) in [5.41, 5.74) is 2.21. The first-order valence-electron chi connectivity index (χ1n) is 5.70. The van der Waals surface area contributed by atoms with E-state index in [9.17, 15) is 0 Å². The van der Waals surface area contributed by atoms with Crippen LogP contribution in [0.2, 0.25) is 0 Å². The number of rotatable bonds is 2. The summed E-state index contributed by atoms with van der Waals surface area (Å²) in [5.74, 6) is 1.92. The summed E-state index contributed by atoms with van der Waals surface area (Å²) >= 11 is 3.43. The standard InChI is InChI=1S/C12H14BrN3/c1-7(2)16-10-5-11(13)14-6-9(10)15-12(16)8-3-4-8/h5-8H,3-4H2,1-2H3. The molecule has 0 spiro atoms. The first-order valence-corrected chi connectivity index (χ1v) is 6.49. The molecule has 3 nitrogen and oxygen atoms in total. The van der Waals surface area contributed by atoms with E-state index in [-0.39, 0.29) is 0 Å². The van der Waals surface area contributed by atoms with E-state index in [1.807, 2.05) is 6.20 Å². The van der Waals surface area contributed by atoms with Crippen LogP contribution in [0.1, 0.15) is 44.5 Å². The average Bonchev–Trinajstić information content (AvgIpc) is 2.99. The average molecular weight is 280 g/mol. The molecule has 0 saturated heterocycles. The number of imidazole rings is 1. The number of hydrogen-bond acceptors (Lipinski definition) is 2. The van der Waals surface area contributed by atoms with Crippen LogP contribution < -0.4 is 0 Å². The predicted molar refractivity (Wildman–Crippen MR) is 67.6 cm³/mol. The van der Waals surface area contributed by atoms with Gasteiger partial charge in [0, 0.05) is 12.0 Å². The zero-order valence-electron chi connectivity index (χ0n) is 9.44. The third-order valence-electron chi connectivity index (χ3n) is 3.03. The van der Waals surface area contributed by atoms with Crippen molar-refractivity contribution in [3.63, 3.8) is 0 Å². The van der Waals surface area contributed by atoms with Gasteiger partial charge in [0.15, 0.2) is 0 Å². The third-order valence-corrected chi connectivity index (χ3v) is 3.46. The molecule has 1 fully saturated rings. The second kappa shape index (κ2) is 3.55. The molecule has 0 atom stereocenters. The van der Waals surface area contributed by atoms with Crippen molar-refractivity contribution in [2.75, 3.05) is 0 Å². The quantitative estimate of drug-likeness (QED) is 0.786. The van der Waals surface area contributed by atoms with Gasteiger partial charge in [0.25, 0.3) is 0 Å². The van der Waals surface area contributed by atoms with Gasteiger partial charge in [0.1, 0.15) is 15.9 Å². The van der Waals surface area contributed by atoms with E-state index < -0.39 is 0 Å². The molecule has 0 N–H and O–H groups in total. The number of aromatic nitrogens is 3. The molecule has 16 heavy (non-hydrogen) atoms. The van der Waals surface area contributed by atoms with Gasteiger partial charge in [-0.3, -0.25) is 0 Å². The van der Waals surface area contributed by atoms with Crippen molar-refractivity contribution in [1.82, 2.24) is 14.5 Å². The summed E-state index contributed by atoms with van der Waals surface area (Å²) in [4.78, 5) is 8.96. The number of nitrogens with zero attached hydrogens (tertiary/aromatic N) is 3. The smallest absolute Gasteiger partial charge is 0.113 e. The lowest BCUT2D eigenvalue weighted by molar-refractivity contribution is 0.585. The van der Waals surface area contributed by atoms with Crippen LogP contribution in [-0.4, -0.2) is 14.5 Å². The van der Waals surface area contributed by atoms with E-state index in [4.69, 9.17) is 4.98 Å². The third kappa shape index (κ3) is 1.56. The summed E-state index contributed by atoms with van der Waals surface area (Å²) in [6.45, 7) is 4.42. The van der Waals surface area contributed by atoms with Gasteiger partial charge in [-0.15, -0.1) is 0 Å². The van der Waals surface area contributed by atoms with Crippen molar-refractivity contribution < 1.29 is 0 Å². The molecule has 0 unspecified atom stereocenters. The Hall–Kier alpha value is -0.900. The highest BCUT2D eigenvalue weighted by Crippen LogP contribution is 2.41. The Balaban J connectivity index is 2.29. The molecule has 1 aliphatic carbocycles. The molecular formula is C12H14BrN3. The van der Waals surface area contributed by atoms with Crippen molar-refractivity contribution in [3.8, 4) is 0 Å². The lowest BCUT2D eigenvalue weighted by atomic mass is 10.3. The SMILES string of the molecule is CC(C)n1c(C2CC2)nc2cnc(Br)cc21. The second-order valence-electron chi connectivity index (χ2n) is 4.70.